The molecule has 0 saturated heterocycles. The summed E-state index contributed by atoms with van der Waals surface area (Å²) in [4.78, 5) is 16.5. The highest BCUT2D eigenvalue weighted by Crippen LogP contribution is 2.31. The van der Waals surface area contributed by atoms with Crippen LogP contribution in [0.25, 0.3) is 38.8 Å². The van der Waals surface area contributed by atoms with Crippen LogP contribution in [0.3, 0.4) is 0 Å². The Balaban J connectivity index is 1.88. The summed E-state index contributed by atoms with van der Waals surface area (Å²) < 4.78 is 3.64. The van der Waals surface area contributed by atoms with Crippen LogP contribution in [-0.4, -0.2) is 20.0 Å². The Morgan fingerprint density at radius 1 is 1.03 bits per heavy atom. The molecule has 158 valence electrons. The first-order valence-electron chi connectivity index (χ1n) is 10.1. The summed E-state index contributed by atoms with van der Waals surface area (Å²) in [5, 5.41) is 10.4. The first-order chi connectivity index (χ1) is 15.3. The number of nitrogens with zero attached hydrogens (tertiary/aromatic N) is 3. The van der Waals surface area contributed by atoms with Crippen LogP contribution in [0.1, 0.15) is 15.9 Å². The van der Waals surface area contributed by atoms with Crippen molar-refractivity contribution in [3.05, 3.63) is 88.6 Å². The summed E-state index contributed by atoms with van der Waals surface area (Å²) in [6, 6.07) is 19.1. The third kappa shape index (κ3) is 3.08. The minimum Gasteiger partial charge on any atom is -0.366 e. The van der Waals surface area contributed by atoms with E-state index in [2.05, 4.69) is 11.1 Å². The number of carbonyl (C=O) groups excluding carboxylic acids is 1. The van der Waals surface area contributed by atoms with Gasteiger partial charge in [0.1, 0.15) is 0 Å². The third-order valence-corrected chi connectivity index (χ3v) is 6.10. The Bertz CT molecular complexity index is 1600. The summed E-state index contributed by atoms with van der Waals surface area (Å²) in [6.07, 6.45) is 1.78. The standard InChI is InChI=1S/C25H20ClN5O/c1-14-3-4-17(24(27)32)12-21(14)31-23-19-11-16(15-5-8-18(26)9-6-15)7-10-20(19)29-13-22(23)30(2)25(31)28/h3-13,28H,1-2H3,(H2,27,32). The molecule has 0 unspecified atom stereocenters. The topological polar surface area (TPSA) is 89.7 Å². The van der Waals surface area contributed by atoms with E-state index in [1.165, 1.54) is 0 Å². The van der Waals surface area contributed by atoms with Crippen LogP contribution in [-0.2, 0) is 7.05 Å². The predicted molar refractivity (Wildman–Crippen MR) is 127 cm³/mol. The van der Waals surface area contributed by atoms with E-state index in [0.29, 0.717) is 10.6 Å². The van der Waals surface area contributed by atoms with Gasteiger partial charge in [0.05, 0.1) is 28.4 Å². The van der Waals surface area contributed by atoms with Crippen molar-refractivity contribution < 1.29 is 4.79 Å². The average molecular weight is 442 g/mol. The van der Waals surface area contributed by atoms with Gasteiger partial charge in [-0.2, -0.15) is 0 Å². The largest absolute Gasteiger partial charge is 0.366 e. The fraction of sp³-hybridized carbons (Fsp3) is 0.0800. The molecule has 5 rings (SSSR count). The molecule has 0 aliphatic heterocycles. The van der Waals surface area contributed by atoms with E-state index in [9.17, 15) is 4.79 Å². The van der Waals surface area contributed by atoms with Crippen LogP contribution >= 0.6 is 11.6 Å². The number of carbonyl (C=O) groups is 1. The van der Waals surface area contributed by atoms with Crippen molar-refractivity contribution in [3.8, 4) is 16.8 Å². The van der Waals surface area contributed by atoms with Gasteiger partial charge in [-0.1, -0.05) is 35.9 Å². The lowest BCUT2D eigenvalue weighted by atomic mass is 10.0. The number of primary amides is 1. The number of pyridine rings is 1. The summed E-state index contributed by atoms with van der Waals surface area (Å²) in [5.41, 5.74) is 12.4. The molecule has 3 aromatic carbocycles. The highest BCUT2D eigenvalue weighted by Gasteiger charge is 2.17. The van der Waals surface area contributed by atoms with Gasteiger partial charge in [-0.25, -0.2) is 0 Å². The van der Waals surface area contributed by atoms with Gasteiger partial charge < -0.3 is 10.3 Å². The number of fused-ring (bicyclic) bond motifs is 3. The maximum absolute atomic E-state index is 11.8. The molecule has 5 aromatic rings. The molecule has 0 aliphatic carbocycles. The highest BCUT2D eigenvalue weighted by atomic mass is 35.5. The molecule has 0 atom stereocenters. The second-order valence-electron chi connectivity index (χ2n) is 7.81. The number of imidazole rings is 1. The highest BCUT2D eigenvalue weighted by molar-refractivity contribution is 6.30. The smallest absolute Gasteiger partial charge is 0.248 e. The lowest BCUT2D eigenvalue weighted by Gasteiger charge is -2.12. The van der Waals surface area contributed by atoms with E-state index in [1.807, 2.05) is 61.0 Å². The van der Waals surface area contributed by atoms with Gasteiger partial charge in [0.15, 0.2) is 0 Å². The van der Waals surface area contributed by atoms with Gasteiger partial charge in [-0.15, -0.1) is 0 Å². The van der Waals surface area contributed by atoms with Gasteiger partial charge in [0.25, 0.3) is 0 Å². The fourth-order valence-electron chi connectivity index (χ4n) is 4.08. The monoisotopic (exact) mass is 441 g/mol. The summed E-state index contributed by atoms with van der Waals surface area (Å²) in [7, 11) is 1.84. The zero-order valence-corrected chi connectivity index (χ0v) is 18.3. The molecule has 2 heterocycles. The van der Waals surface area contributed by atoms with E-state index in [-0.39, 0.29) is 5.62 Å². The number of aryl methyl sites for hydroxylation is 2. The second kappa shape index (κ2) is 7.35. The van der Waals surface area contributed by atoms with Crippen LogP contribution in [0.2, 0.25) is 5.02 Å². The van der Waals surface area contributed by atoms with Crippen molar-refractivity contribution in [2.24, 2.45) is 12.8 Å². The Kier molecular flexibility index (Phi) is 4.60. The molecular weight excluding hydrogens is 422 g/mol. The Hall–Kier alpha value is -3.90. The Labute approximate surface area is 189 Å². The SMILES string of the molecule is Cc1ccc(C(N)=O)cc1-n1c(=N)n(C)c2cnc3ccc(-c4ccc(Cl)cc4)cc3c21. The van der Waals surface area contributed by atoms with Crippen molar-refractivity contribution in [2.45, 2.75) is 6.92 Å². The first-order valence-corrected chi connectivity index (χ1v) is 10.4. The number of nitrogens with one attached hydrogen (secondary N) is 1. The number of aromatic nitrogens is 3. The molecule has 3 N–H and O–H groups in total. The molecule has 1 amide bonds. The zero-order valence-electron chi connectivity index (χ0n) is 17.6. The van der Waals surface area contributed by atoms with E-state index < -0.39 is 5.91 Å². The number of nitrogens with two attached hydrogens (primary N) is 1. The van der Waals surface area contributed by atoms with Gasteiger partial charge in [-0.3, -0.25) is 19.8 Å². The number of benzene rings is 3. The third-order valence-electron chi connectivity index (χ3n) is 5.85. The maximum atomic E-state index is 11.8. The van der Waals surface area contributed by atoms with Crippen LogP contribution in [0.4, 0.5) is 0 Å². The van der Waals surface area contributed by atoms with Crippen molar-refractivity contribution >= 4 is 39.4 Å². The van der Waals surface area contributed by atoms with Crippen molar-refractivity contribution in [2.75, 3.05) is 0 Å². The van der Waals surface area contributed by atoms with Crippen LogP contribution in [0.15, 0.2) is 66.9 Å². The normalized spacial score (nSPS) is 11.3. The van der Waals surface area contributed by atoms with Gasteiger partial charge in [0.2, 0.25) is 11.5 Å². The summed E-state index contributed by atoms with van der Waals surface area (Å²) in [5.74, 6) is -0.504. The molecule has 7 heteroatoms. The Morgan fingerprint density at radius 3 is 2.47 bits per heavy atom. The molecule has 32 heavy (non-hydrogen) atoms. The average Bonchev–Trinajstić information content (AvgIpc) is 3.04. The van der Waals surface area contributed by atoms with Gasteiger partial charge in [-0.05, 0) is 60.0 Å². The quantitative estimate of drug-likeness (QED) is 0.424. The molecule has 0 bridgehead atoms. The zero-order chi connectivity index (χ0) is 22.6. The van der Waals surface area contributed by atoms with Crippen molar-refractivity contribution in [1.82, 2.24) is 14.1 Å². The van der Waals surface area contributed by atoms with Gasteiger partial charge >= 0.3 is 0 Å². The van der Waals surface area contributed by atoms with Crippen molar-refractivity contribution in [1.29, 1.82) is 5.41 Å². The summed E-state index contributed by atoms with van der Waals surface area (Å²) in [6.45, 7) is 1.95. The van der Waals surface area contributed by atoms with Gasteiger partial charge in [0, 0.05) is 23.0 Å². The van der Waals surface area contributed by atoms with E-state index >= 15 is 0 Å². The number of hydrogen-bond donors (Lipinski definition) is 2. The molecule has 0 fully saturated rings. The predicted octanol–water partition coefficient (Wildman–Crippen LogP) is 4.72. The molecule has 0 aliphatic rings. The maximum Gasteiger partial charge on any atom is 0.248 e. The first kappa shape index (κ1) is 20.0. The minimum atomic E-state index is -0.504. The number of hydrogen-bond acceptors (Lipinski definition) is 3. The Morgan fingerprint density at radius 2 is 1.75 bits per heavy atom. The van der Waals surface area contributed by atoms with E-state index in [0.717, 1.165) is 44.3 Å². The summed E-state index contributed by atoms with van der Waals surface area (Å²) >= 11 is 6.06. The fourth-order valence-corrected chi connectivity index (χ4v) is 4.20. The number of rotatable bonds is 3. The van der Waals surface area contributed by atoms with Crippen molar-refractivity contribution in [3.63, 3.8) is 0 Å². The minimum absolute atomic E-state index is 0.274. The lowest BCUT2D eigenvalue weighted by molar-refractivity contribution is 0.1000. The molecule has 0 saturated carbocycles. The van der Waals surface area contributed by atoms with E-state index in [1.54, 1.807) is 22.9 Å². The number of halogens is 1. The van der Waals surface area contributed by atoms with Crippen LogP contribution in [0, 0.1) is 12.3 Å². The molecule has 0 radical (unpaired) electrons. The second-order valence-corrected chi connectivity index (χ2v) is 8.25. The van der Waals surface area contributed by atoms with Crippen LogP contribution in [0.5, 0.6) is 0 Å². The molecule has 2 aromatic heterocycles. The number of amides is 1. The molecular formula is C25H20ClN5O. The van der Waals surface area contributed by atoms with Crippen LogP contribution < -0.4 is 11.4 Å². The lowest BCUT2D eigenvalue weighted by Crippen LogP contribution is -2.22. The molecule has 6 nitrogen and oxygen atoms in total. The molecule has 0 spiro atoms. The van der Waals surface area contributed by atoms with E-state index in [4.69, 9.17) is 22.7 Å².